The van der Waals surface area contributed by atoms with Gasteiger partial charge in [-0.25, -0.2) is 22.0 Å². The minimum Gasteiger partial charge on any atom is -0.409 e. The van der Waals surface area contributed by atoms with E-state index in [4.69, 9.17) is 15.7 Å². The van der Waals surface area contributed by atoms with Crippen molar-refractivity contribution < 1.29 is 31.9 Å². The number of oxime groups is 1. The summed E-state index contributed by atoms with van der Waals surface area (Å²) in [5.41, 5.74) is 4.24. The van der Waals surface area contributed by atoms with Gasteiger partial charge in [0.1, 0.15) is 11.8 Å². The Morgan fingerprint density at radius 1 is 1.10 bits per heavy atom. The highest BCUT2D eigenvalue weighted by molar-refractivity contribution is 5.85. The first-order chi connectivity index (χ1) is 9.88. The Labute approximate surface area is 115 Å². The fraction of sp³-hybridized carbons (Fsp3) is 0.364. The molecule has 0 radical (unpaired) electrons. The van der Waals surface area contributed by atoms with E-state index in [-0.39, 0.29) is 25.5 Å². The van der Waals surface area contributed by atoms with Crippen LogP contribution in [0.5, 0.6) is 0 Å². The topological polar surface area (TPSA) is 71.1 Å². The predicted octanol–water partition coefficient (Wildman–Crippen LogP) is 1.33. The maximum Gasteiger partial charge on any atom is 0.200 e. The molecule has 0 spiro atoms. The number of morpholine rings is 1. The Balaban J connectivity index is 2.43. The van der Waals surface area contributed by atoms with Crippen LogP contribution in [0.25, 0.3) is 0 Å². The van der Waals surface area contributed by atoms with Gasteiger partial charge >= 0.3 is 0 Å². The van der Waals surface area contributed by atoms with Crippen molar-refractivity contribution in [3.05, 3.63) is 29.1 Å². The molecule has 5 nitrogen and oxygen atoms in total. The van der Waals surface area contributed by atoms with Crippen LogP contribution in [0.2, 0.25) is 0 Å². The fourth-order valence-corrected chi connectivity index (χ4v) is 1.97. The molecule has 21 heavy (non-hydrogen) atoms. The average molecular weight is 311 g/mol. The van der Waals surface area contributed by atoms with Gasteiger partial charge in [0, 0.05) is 6.54 Å². The number of hydrogen-bond acceptors (Lipinski definition) is 4. The number of halogens is 5. The van der Waals surface area contributed by atoms with Crippen LogP contribution in [-0.2, 0) is 4.74 Å². The van der Waals surface area contributed by atoms with E-state index in [0.29, 0.717) is 0 Å². The van der Waals surface area contributed by atoms with Gasteiger partial charge in [0.05, 0.1) is 13.2 Å². The van der Waals surface area contributed by atoms with Crippen LogP contribution in [0, 0.1) is 29.1 Å². The van der Waals surface area contributed by atoms with Crippen molar-refractivity contribution in [2.75, 3.05) is 24.6 Å². The number of nitrogens with two attached hydrogens (primary N) is 1. The van der Waals surface area contributed by atoms with Gasteiger partial charge in [0.15, 0.2) is 29.1 Å². The Hall–Kier alpha value is -2.10. The number of anilines is 1. The lowest BCUT2D eigenvalue weighted by Crippen LogP contribution is -2.49. The number of benzene rings is 1. The molecule has 1 aliphatic rings. The molecule has 1 atom stereocenters. The van der Waals surface area contributed by atoms with Crippen LogP contribution in [0.3, 0.4) is 0 Å². The highest BCUT2D eigenvalue weighted by atomic mass is 19.2. The molecule has 1 aromatic rings. The van der Waals surface area contributed by atoms with Crippen LogP contribution in [0.1, 0.15) is 0 Å². The molecule has 116 valence electrons. The standard InChI is InChI=1S/C11H10F5N3O2/c12-5-6(13)8(15)10(9(16)7(5)14)19-1-2-21-4(3-19)11(17)18-20/h4,20H,1-3H2,(H2,17,18). The molecule has 1 aromatic carbocycles. The summed E-state index contributed by atoms with van der Waals surface area (Å²) in [5.74, 6) is -10.5. The van der Waals surface area contributed by atoms with Gasteiger partial charge in [-0.1, -0.05) is 5.16 Å². The smallest absolute Gasteiger partial charge is 0.200 e. The summed E-state index contributed by atoms with van der Waals surface area (Å²) >= 11 is 0. The normalized spacial score (nSPS) is 20.0. The first-order valence-corrected chi connectivity index (χ1v) is 5.73. The van der Waals surface area contributed by atoms with E-state index >= 15 is 0 Å². The second-order valence-corrected chi connectivity index (χ2v) is 4.25. The molecule has 0 saturated carbocycles. The summed E-state index contributed by atoms with van der Waals surface area (Å²) in [7, 11) is 0. The minimum atomic E-state index is -2.23. The first-order valence-electron chi connectivity index (χ1n) is 5.73. The van der Waals surface area contributed by atoms with E-state index in [1.165, 1.54) is 0 Å². The second kappa shape index (κ2) is 5.72. The summed E-state index contributed by atoms with van der Waals surface area (Å²) < 4.78 is 71.8. The molecule has 1 heterocycles. The lowest BCUT2D eigenvalue weighted by Gasteiger charge is -2.34. The third-order valence-electron chi connectivity index (χ3n) is 3.01. The van der Waals surface area contributed by atoms with Gasteiger partial charge in [-0.2, -0.15) is 0 Å². The van der Waals surface area contributed by atoms with E-state index in [0.717, 1.165) is 4.90 Å². The minimum absolute atomic E-state index is 0.0968. The van der Waals surface area contributed by atoms with E-state index in [1.807, 2.05) is 0 Å². The molecule has 1 fully saturated rings. The van der Waals surface area contributed by atoms with Crippen molar-refractivity contribution in [2.45, 2.75) is 6.10 Å². The van der Waals surface area contributed by atoms with Crippen molar-refractivity contribution in [2.24, 2.45) is 10.9 Å². The molecular formula is C11H10F5N3O2. The van der Waals surface area contributed by atoms with Gasteiger partial charge < -0.3 is 20.6 Å². The van der Waals surface area contributed by atoms with Gasteiger partial charge in [-0.3, -0.25) is 0 Å². The van der Waals surface area contributed by atoms with Crippen molar-refractivity contribution in [3.8, 4) is 0 Å². The molecule has 10 heteroatoms. The van der Waals surface area contributed by atoms with Gasteiger partial charge in [-0.15, -0.1) is 0 Å². The highest BCUT2D eigenvalue weighted by Gasteiger charge is 2.32. The average Bonchev–Trinajstić information content (AvgIpc) is 2.50. The van der Waals surface area contributed by atoms with E-state index in [9.17, 15) is 22.0 Å². The van der Waals surface area contributed by atoms with E-state index in [2.05, 4.69) is 5.16 Å². The van der Waals surface area contributed by atoms with Crippen LogP contribution in [0.4, 0.5) is 27.6 Å². The molecule has 3 N–H and O–H groups in total. The summed E-state index contributed by atoms with van der Waals surface area (Å²) in [4.78, 5) is 0.891. The number of rotatable bonds is 2. The number of ether oxygens (including phenoxy) is 1. The Kier molecular flexibility index (Phi) is 4.16. The van der Waals surface area contributed by atoms with E-state index in [1.54, 1.807) is 0 Å². The van der Waals surface area contributed by atoms with Gasteiger partial charge in [-0.05, 0) is 0 Å². The summed E-state index contributed by atoms with van der Waals surface area (Å²) in [5, 5.41) is 11.2. The molecule has 0 aliphatic carbocycles. The Morgan fingerprint density at radius 3 is 2.14 bits per heavy atom. The monoisotopic (exact) mass is 311 g/mol. The summed E-state index contributed by atoms with van der Waals surface area (Å²) in [6, 6.07) is 0. The number of amidine groups is 1. The molecule has 0 amide bonds. The predicted molar refractivity (Wildman–Crippen MR) is 61.6 cm³/mol. The zero-order valence-electron chi connectivity index (χ0n) is 10.4. The molecule has 1 saturated heterocycles. The Morgan fingerprint density at radius 2 is 1.62 bits per heavy atom. The van der Waals surface area contributed by atoms with Crippen molar-refractivity contribution in [3.63, 3.8) is 0 Å². The second-order valence-electron chi connectivity index (χ2n) is 4.25. The van der Waals surface area contributed by atoms with Crippen LogP contribution in [0.15, 0.2) is 5.16 Å². The third-order valence-corrected chi connectivity index (χ3v) is 3.01. The highest BCUT2D eigenvalue weighted by Crippen LogP contribution is 2.31. The maximum atomic E-state index is 13.7. The SMILES string of the molecule is NC(=NO)C1CN(c2c(F)c(F)c(F)c(F)c2F)CCO1. The van der Waals surface area contributed by atoms with Gasteiger partial charge in [0.25, 0.3) is 0 Å². The number of hydrogen-bond donors (Lipinski definition) is 2. The summed E-state index contributed by atoms with van der Waals surface area (Å²) in [6.45, 7) is -0.539. The lowest BCUT2D eigenvalue weighted by atomic mass is 10.2. The number of nitrogens with zero attached hydrogens (tertiary/aromatic N) is 2. The van der Waals surface area contributed by atoms with Crippen LogP contribution < -0.4 is 10.6 Å². The Bertz CT molecular complexity index is 567. The van der Waals surface area contributed by atoms with Crippen LogP contribution >= 0.6 is 0 Å². The molecule has 1 aliphatic heterocycles. The van der Waals surface area contributed by atoms with Crippen molar-refractivity contribution >= 4 is 11.5 Å². The zero-order valence-corrected chi connectivity index (χ0v) is 10.4. The quantitative estimate of drug-likeness (QED) is 0.164. The molecule has 1 unspecified atom stereocenters. The van der Waals surface area contributed by atoms with Crippen molar-refractivity contribution in [1.29, 1.82) is 0 Å². The molecule has 2 rings (SSSR count). The molecule has 0 aromatic heterocycles. The van der Waals surface area contributed by atoms with Crippen molar-refractivity contribution in [1.82, 2.24) is 0 Å². The largest absolute Gasteiger partial charge is 0.409 e. The maximum absolute atomic E-state index is 13.7. The summed E-state index contributed by atoms with van der Waals surface area (Å²) in [6.07, 6.45) is -1.03. The molecular weight excluding hydrogens is 301 g/mol. The lowest BCUT2D eigenvalue weighted by molar-refractivity contribution is 0.0800. The third kappa shape index (κ3) is 2.58. The van der Waals surface area contributed by atoms with Crippen LogP contribution in [-0.4, -0.2) is 36.8 Å². The van der Waals surface area contributed by atoms with E-state index < -0.39 is 40.9 Å². The zero-order chi connectivity index (χ0) is 15.7. The fourth-order valence-electron chi connectivity index (χ4n) is 1.97. The van der Waals surface area contributed by atoms with Gasteiger partial charge in [0.2, 0.25) is 5.82 Å². The molecule has 0 bridgehead atoms. The first kappa shape index (κ1) is 15.3.